The Kier molecular flexibility index (Phi) is 3.24. The minimum Gasteiger partial charge on any atom is -0.304 e. The quantitative estimate of drug-likeness (QED) is 0.789. The van der Waals surface area contributed by atoms with Gasteiger partial charge in [0.15, 0.2) is 5.65 Å². The van der Waals surface area contributed by atoms with Gasteiger partial charge < -0.3 is 5.32 Å². The van der Waals surface area contributed by atoms with Crippen LogP contribution in [0, 0.1) is 0 Å². The molecule has 0 amide bonds. The average Bonchev–Trinajstić information content (AvgIpc) is 2.94. The maximum Gasteiger partial charge on any atom is 0.155 e. The number of hydrogen-bond donors (Lipinski definition) is 1. The van der Waals surface area contributed by atoms with Gasteiger partial charge in [-0.05, 0) is 37.1 Å². The molecule has 0 atom stereocenters. The predicted molar refractivity (Wildman–Crippen MR) is 79.3 cm³/mol. The molecule has 0 unspecified atom stereocenters. The molecule has 0 saturated carbocycles. The third kappa shape index (κ3) is 2.56. The number of pyridine rings is 1. The second-order valence-corrected chi connectivity index (χ2v) is 5.44. The standard InChI is InChI=1S/C16H18N4/c1-16(2,14-6-4-3-5-7-14)18-11-13-8-9-20-15(10-13)17-12-19-20/h3-10,12,18H,11H2,1-2H3. The fraction of sp³-hybridized carbons (Fsp3) is 0.250. The summed E-state index contributed by atoms with van der Waals surface area (Å²) < 4.78 is 1.77. The smallest absolute Gasteiger partial charge is 0.155 e. The lowest BCUT2D eigenvalue weighted by Gasteiger charge is -2.27. The molecule has 20 heavy (non-hydrogen) atoms. The molecule has 0 fully saturated rings. The minimum atomic E-state index is -0.0684. The summed E-state index contributed by atoms with van der Waals surface area (Å²) in [5.41, 5.74) is 3.29. The molecular formula is C16H18N4. The van der Waals surface area contributed by atoms with Gasteiger partial charge in [-0.15, -0.1) is 0 Å². The average molecular weight is 266 g/mol. The van der Waals surface area contributed by atoms with E-state index in [-0.39, 0.29) is 5.54 Å². The van der Waals surface area contributed by atoms with Crippen molar-refractivity contribution in [3.8, 4) is 0 Å². The number of aromatic nitrogens is 3. The first-order valence-corrected chi connectivity index (χ1v) is 6.74. The highest BCUT2D eigenvalue weighted by atomic mass is 15.3. The summed E-state index contributed by atoms with van der Waals surface area (Å²) in [4.78, 5) is 4.21. The van der Waals surface area contributed by atoms with E-state index >= 15 is 0 Å². The van der Waals surface area contributed by atoms with Crippen LogP contribution in [0.3, 0.4) is 0 Å². The van der Waals surface area contributed by atoms with E-state index in [2.05, 4.69) is 65.6 Å². The monoisotopic (exact) mass is 266 g/mol. The first kappa shape index (κ1) is 12.8. The zero-order chi connectivity index (χ0) is 14.0. The SMILES string of the molecule is CC(C)(NCc1ccn2ncnc2c1)c1ccccc1. The van der Waals surface area contributed by atoms with Crippen molar-refractivity contribution in [3.63, 3.8) is 0 Å². The van der Waals surface area contributed by atoms with Crippen LogP contribution in [0.2, 0.25) is 0 Å². The Bertz CT molecular complexity index is 701. The highest BCUT2D eigenvalue weighted by Crippen LogP contribution is 2.20. The molecule has 0 aliphatic carbocycles. The van der Waals surface area contributed by atoms with Crippen molar-refractivity contribution in [1.82, 2.24) is 19.9 Å². The Morgan fingerprint density at radius 1 is 1.15 bits per heavy atom. The molecule has 2 heterocycles. The maximum atomic E-state index is 4.21. The van der Waals surface area contributed by atoms with Gasteiger partial charge in [-0.3, -0.25) is 0 Å². The van der Waals surface area contributed by atoms with Crippen molar-refractivity contribution >= 4 is 5.65 Å². The van der Waals surface area contributed by atoms with Crippen LogP contribution >= 0.6 is 0 Å². The normalized spacial score (nSPS) is 11.9. The lowest BCUT2D eigenvalue weighted by Crippen LogP contribution is -2.35. The summed E-state index contributed by atoms with van der Waals surface area (Å²) in [7, 11) is 0. The van der Waals surface area contributed by atoms with Gasteiger partial charge in [0, 0.05) is 18.3 Å². The summed E-state index contributed by atoms with van der Waals surface area (Å²) >= 11 is 0. The fourth-order valence-electron chi connectivity index (χ4n) is 2.25. The number of hydrogen-bond acceptors (Lipinski definition) is 3. The van der Waals surface area contributed by atoms with Gasteiger partial charge in [0.1, 0.15) is 6.33 Å². The number of rotatable bonds is 4. The van der Waals surface area contributed by atoms with E-state index in [1.165, 1.54) is 11.1 Å². The number of nitrogens with zero attached hydrogens (tertiary/aromatic N) is 3. The first-order chi connectivity index (χ1) is 9.65. The van der Waals surface area contributed by atoms with Gasteiger partial charge in [0.25, 0.3) is 0 Å². The number of nitrogens with one attached hydrogen (secondary N) is 1. The maximum absolute atomic E-state index is 4.21. The molecule has 1 N–H and O–H groups in total. The van der Waals surface area contributed by atoms with Crippen molar-refractivity contribution in [2.45, 2.75) is 25.9 Å². The van der Waals surface area contributed by atoms with Crippen molar-refractivity contribution in [1.29, 1.82) is 0 Å². The summed E-state index contributed by atoms with van der Waals surface area (Å²) in [6, 6.07) is 14.6. The van der Waals surface area contributed by atoms with Crippen molar-refractivity contribution < 1.29 is 0 Å². The molecule has 0 spiro atoms. The lowest BCUT2D eigenvalue weighted by molar-refractivity contribution is 0.401. The van der Waals surface area contributed by atoms with E-state index in [9.17, 15) is 0 Å². The Labute approximate surface area is 118 Å². The Morgan fingerprint density at radius 2 is 1.95 bits per heavy atom. The number of benzene rings is 1. The minimum absolute atomic E-state index is 0.0684. The zero-order valence-electron chi connectivity index (χ0n) is 11.7. The predicted octanol–water partition coefficient (Wildman–Crippen LogP) is 2.75. The van der Waals surface area contributed by atoms with Gasteiger partial charge in [0.05, 0.1) is 0 Å². The second kappa shape index (κ2) is 5.06. The summed E-state index contributed by atoms with van der Waals surface area (Å²) in [6.45, 7) is 5.18. The molecule has 4 nitrogen and oxygen atoms in total. The molecule has 0 saturated heterocycles. The first-order valence-electron chi connectivity index (χ1n) is 6.74. The summed E-state index contributed by atoms with van der Waals surface area (Å²) in [6.07, 6.45) is 3.51. The largest absolute Gasteiger partial charge is 0.304 e. The molecular weight excluding hydrogens is 248 g/mol. The van der Waals surface area contributed by atoms with Crippen LogP contribution in [0.25, 0.3) is 5.65 Å². The molecule has 3 rings (SSSR count). The van der Waals surface area contributed by atoms with E-state index < -0.39 is 0 Å². The van der Waals surface area contributed by atoms with Crippen LogP contribution in [-0.4, -0.2) is 14.6 Å². The van der Waals surface area contributed by atoms with Gasteiger partial charge >= 0.3 is 0 Å². The molecule has 1 aromatic carbocycles. The van der Waals surface area contributed by atoms with E-state index in [4.69, 9.17) is 0 Å². The molecule has 102 valence electrons. The molecule has 2 aromatic heterocycles. The van der Waals surface area contributed by atoms with Crippen LogP contribution in [0.4, 0.5) is 0 Å². The highest BCUT2D eigenvalue weighted by Gasteiger charge is 2.18. The fourth-order valence-corrected chi connectivity index (χ4v) is 2.25. The van der Waals surface area contributed by atoms with Crippen LogP contribution in [-0.2, 0) is 12.1 Å². The third-order valence-electron chi connectivity index (χ3n) is 3.58. The third-order valence-corrected chi connectivity index (χ3v) is 3.58. The van der Waals surface area contributed by atoms with E-state index in [1.807, 2.05) is 12.3 Å². The van der Waals surface area contributed by atoms with Crippen LogP contribution in [0.1, 0.15) is 25.0 Å². The summed E-state index contributed by atoms with van der Waals surface area (Å²) in [5, 5.41) is 7.69. The van der Waals surface area contributed by atoms with E-state index in [1.54, 1.807) is 10.8 Å². The van der Waals surface area contributed by atoms with Crippen LogP contribution < -0.4 is 5.32 Å². The van der Waals surface area contributed by atoms with Crippen molar-refractivity contribution in [3.05, 3.63) is 66.1 Å². The molecule has 0 bridgehead atoms. The Balaban J connectivity index is 1.75. The molecule has 0 aliphatic rings. The van der Waals surface area contributed by atoms with Gasteiger partial charge in [0.2, 0.25) is 0 Å². The topological polar surface area (TPSA) is 42.2 Å². The molecule has 0 radical (unpaired) electrons. The molecule has 0 aliphatic heterocycles. The van der Waals surface area contributed by atoms with Crippen molar-refractivity contribution in [2.24, 2.45) is 0 Å². The van der Waals surface area contributed by atoms with Gasteiger partial charge in [-0.2, -0.15) is 5.10 Å². The van der Waals surface area contributed by atoms with Gasteiger partial charge in [-0.25, -0.2) is 9.50 Å². The zero-order valence-corrected chi connectivity index (χ0v) is 11.7. The second-order valence-electron chi connectivity index (χ2n) is 5.44. The van der Waals surface area contributed by atoms with E-state index in [0.717, 1.165) is 12.2 Å². The van der Waals surface area contributed by atoms with Crippen molar-refractivity contribution in [2.75, 3.05) is 0 Å². The lowest BCUT2D eigenvalue weighted by atomic mass is 9.94. The Morgan fingerprint density at radius 3 is 2.75 bits per heavy atom. The Hall–Kier alpha value is -2.20. The number of fused-ring (bicyclic) bond motifs is 1. The highest BCUT2D eigenvalue weighted by molar-refractivity contribution is 5.39. The van der Waals surface area contributed by atoms with Crippen LogP contribution in [0.5, 0.6) is 0 Å². The molecule has 3 aromatic rings. The molecule has 4 heteroatoms. The van der Waals surface area contributed by atoms with E-state index in [0.29, 0.717) is 0 Å². The summed E-state index contributed by atoms with van der Waals surface area (Å²) in [5.74, 6) is 0. The van der Waals surface area contributed by atoms with Crippen LogP contribution in [0.15, 0.2) is 55.0 Å². The van der Waals surface area contributed by atoms with Gasteiger partial charge in [-0.1, -0.05) is 30.3 Å².